The lowest BCUT2D eigenvalue weighted by Crippen LogP contribution is -2.50. The zero-order chi connectivity index (χ0) is 13.1. The molecule has 0 amide bonds. The van der Waals surface area contributed by atoms with E-state index in [1.54, 1.807) is 6.08 Å². The quantitative estimate of drug-likeness (QED) is 0.430. The fourth-order valence-corrected chi connectivity index (χ4v) is 2.20. The fourth-order valence-electron chi connectivity index (χ4n) is 2.20. The van der Waals surface area contributed by atoms with E-state index in [1.165, 1.54) is 19.6 Å². The summed E-state index contributed by atoms with van der Waals surface area (Å²) in [5, 5.41) is 0. The van der Waals surface area contributed by atoms with Gasteiger partial charge in [0.15, 0.2) is 0 Å². The fraction of sp³-hybridized carbons (Fsp3) is 0.769. The van der Waals surface area contributed by atoms with Crippen LogP contribution in [0.1, 0.15) is 39.0 Å². The molecule has 1 aliphatic carbocycles. The van der Waals surface area contributed by atoms with Gasteiger partial charge in [-0.3, -0.25) is 0 Å². The van der Waals surface area contributed by atoms with E-state index in [0.717, 1.165) is 25.7 Å². The minimum Gasteiger partial charge on any atom is -0.466 e. The van der Waals surface area contributed by atoms with Gasteiger partial charge in [0.25, 0.3) is 0 Å². The lowest BCUT2D eigenvalue weighted by atomic mass is 9.93. The highest BCUT2D eigenvalue weighted by atomic mass is 17.2. The van der Waals surface area contributed by atoms with E-state index in [0.29, 0.717) is 6.61 Å². The average molecular weight is 256 g/mol. The first-order chi connectivity index (χ1) is 8.58. The van der Waals surface area contributed by atoms with Crippen molar-refractivity contribution < 1.29 is 24.0 Å². The third kappa shape index (κ3) is 3.10. The molecule has 1 atom stereocenters. The molecule has 5 nitrogen and oxygen atoms in total. The predicted molar refractivity (Wildman–Crippen MR) is 63.5 cm³/mol. The summed E-state index contributed by atoms with van der Waals surface area (Å²) < 4.78 is 10.4. The van der Waals surface area contributed by atoms with Crippen LogP contribution in [-0.4, -0.2) is 31.1 Å². The maximum Gasteiger partial charge on any atom is 0.330 e. The molecule has 1 heterocycles. The molecule has 0 bridgehead atoms. The van der Waals surface area contributed by atoms with Crippen molar-refractivity contribution in [1.82, 2.24) is 0 Å². The summed E-state index contributed by atoms with van der Waals surface area (Å²) in [6.45, 7) is 2.18. The van der Waals surface area contributed by atoms with Crippen LogP contribution in [0.25, 0.3) is 0 Å². The van der Waals surface area contributed by atoms with E-state index < -0.39 is 17.4 Å². The Morgan fingerprint density at radius 3 is 2.50 bits per heavy atom. The van der Waals surface area contributed by atoms with Crippen molar-refractivity contribution in [3.05, 3.63) is 12.2 Å². The van der Waals surface area contributed by atoms with Crippen molar-refractivity contribution in [2.75, 3.05) is 13.7 Å². The molecule has 0 N–H and O–H groups in total. The van der Waals surface area contributed by atoms with Gasteiger partial charge in [0.05, 0.1) is 13.7 Å². The third-order valence-corrected chi connectivity index (χ3v) is 3.39. The Balaban J connectivity index is 1.92. The highest BCUT2D eigenvalue weighted by Gasteiger charge is 2.44. The van der Waals surface area contributed by atoms with Gasteiger partial charge in [-0.2, -0.15) is 0 Å². The van der Waals surface area contributed by atoms with Gasteiger partial charge >= 0.3 is 5.97 Å². The first-order valence-electron chi connectivity index (χ1n) is 6.36. The van der Waals surface area contributed by atoms with Crippen LogP contribution in [0.3, 0.4) is 0 Å². The average Bonchev–Trinajstić information content (AvgIpc) is 2.41. The third-order valence-electron chi connectivity index (χ3n) is 3.39. The molecule has 5 heteroatoms. The molecule has 0 aromatic carbocycles. The zero-order valence-electron chi connectivity index (χ0n) is 10.9. The van der Waals surface area contributed by atoms with Gasteiger partial charge < -0.3 is 9.47 Å². The van der Waals surface area contributed by atoms with Gasteiger partial charge in [0, 0.05) is 18.9 Å². The number of ether oxygens (including phenoxy) is 2. The van der Waals surface area contributed by atoms with Gasteiger partial charge in [-0.1, -0.05) is 6.42 Å². The number of methoxy groups -OCH3 is 1. The Kier molecular flexibility index (Phi) is 4.04. The van der Waals surface area contributed by atoms with Crippen molar-refractivity contribution in [1.29, 1.82) is 0 Å². The van der Waals surface area contributed by atoms with Crippen molar-refractivity contribution in [2.45, 2.75) is 50.4 Å². The van der Waals surface area contributed by atoms with Crippen LogP contribution in [0.5, 0.6) is 0 Å². The second-order valence-electron chi connectivity index (χ2n) is 5.10. The Morgan fingerprint density at radius 1 is 1.22 bits per heavy atom. The van der Waals surface area contributed by atoms with Crippen molar-refractivity contribution >= 4 is 5.97 Å². The minimum absolute atomic E-state index is 0.375. The van der Waals surface area contributed by atoms with Crippen LogP contribution < -0.4 is 0 Å². The summed E-state index contributed by atoms with van der Waals surface area (Å²) in [7, 11) is 1.33. The van der Waals surface area contributed by atoms with Crippen molar-refractivity contribution in [2.24, 2.45) is 0 Å². The van der Waals surface area contributed by atoms with Gasteiger partial charge in [-0.05, 0) is 25.8 Å². The molecule has 1 unspecified atom stereocenters. The largest absolute Gasteiger partial charge is 0.466 e. The summed E-state index contributed by atoms with van der Waals surface area (Å²) in [5.74, 6) is -0.991. The number of hydrogen-bond acceptors (Lipinski definition) is 5. The van der Waals surface area contributed by atoms with E-state index in [4.69, 9.17) is 14.5 Å². The summed E-state index contributed by atoms with van der Waals surface area (Å²) in [6.07, 6.45) is 8.07. The highest BCUT2D eigenvalue weighted by molar-refractivity contribution is 5.81. The molecule has 2 aliphatic rings. The molecular formula is C13H20O5. The first kappa shape index (κ1) is 13.5. The van der Waals surface area contributed by atoms with Crippen LogP contribution in [0.15, 0.2) is 12.2 Å². The molecule has 1 aliphatic heterocycles. The second-order valence-corrected chi connectivity index (χ2v) is 5.10. The monoisotopic (exact) mass is 256 g/mol. The van der Waals surface area contributed by atoms with Gasteiger partial charge in [0.1, 0.15) is 5.60 Å². The van der Waals surface area contributed by atoms with Crippen LogP contribution in [-0.2, 0) is 24.0 Å². The molecule has 1 saturated carbocycles. The Labute approximate surface area is 107 Å². The molecule has 0 aromatic rings. The van der Waals surface area contributed by atoms with Gasteiger partial charge in [-0.25, -0.2) is 14.6 Å². The Morgan fingerprint density at radius 2 is 1.94 bits per heavy atom. The maximum absolute atomic E-state index is 11.0. The molecule has 102 valence electrons. The molecule has 1 spiro atoms. The van der Waals surface area contributed by atoms with E-state index in [9.17, 15) is 4.79 Å². The molecule has 2 fully saturated rings. The number of esters is 1. The van der Waals surface area contributed by atoms with E-state index in [1.807, 2.05) is 6.92 Å². The van der Waals surface area contributed by atoms with Gasteiger partial charge in [-0.15, -0.1) is 0 Å². The summed E-state index contributed by atoms with van der Waals surface area (Å²) in [6, 6.07) is 0. The predicted octanol–water partition coefficient (Wildman–Crippen LogP) is 2.11. The molecule has 0 radical (unpaired) electrons. The topological polar surface area (TPSA) is 54.0 Å². The van der Waals surface area contributed by atoms with Crippen LogP contribution in [0.2, 0.25) is 0 Å². The molecule has 2 rings (SSSR count). The van der Waals surface area contributed by atoms with Crippen LogP contribution in [0, 0.1) is 0 Å². The number of rotatable bonds is 2. The van der Waals surface area contributed by atoms with Crippen molar-refractivity contribution in [3.63, 3.8) is 0 Å². The van der Waals surface area contributed by atoms with Crippen LogP contribution >= 0.6 is 0 Å². The SMILES string of the molecule is COC(=O)/C=C/C1(C)COC2(CCCCC2)OO1. The Hall–Kier alpha value is -0.910. The molecule has 0 aromatic heterocycles. The molecular weight excluding hydrogens is 236 g/mol. The normalized spacial score (nSPS) is 31.7. The van der Waals surface area contributed by atoms with E-state index in [2.05, 4.69) is 4.74 Å². The lowest BCUT2D eigenvalue weighted by Gasteiger charge is -2.43. The van der Waals surface area contributed by atoms with Crippen molar-refractivity contribution in [3.8, 4) is 0 Å². The van der Waals surface area contributed by atoms with Crippen LogP contribution in [0.4, 0.5) is 0 Å². The van der Waals surface area contributed by atoms with E-state index in [-0.39, 0.29) is 0 Å². The molecule has 18 heavy (non-hydrogen) atoms. The first-order valence-corrected chi connectivity index (χ1v) is 6.36. The van der Waals surface area contributed by atoms with Gasteiger partial charge in [0.2, 0.25) is 5.79 Å². The standard InChI is InChI=1S/C13H20O5/c1-12(9-6-11(14)15-2)10-16-13(18-17-12)7-4-3-5-8-13/h6,9H,3-5,7-8,10H2,1-2H3/b9-6+. The highest BCUT2D eigenvalue weighted by Crippen LogP contribution is 2.38. The second kappa shape index (κ2) is 5.38. The lowest BCUT2D eigenvalue weighted by molar-refractivity contribution is -0.505. The minimum atomic E-state index is -0.739. The molecule has 1 saturated heterocycles. The summed E-state index contributed by atoms with van der Waals surface area (Å²) in [4.78, 5) is 21.9. The number of carbonyl (C=O) groups excluding carboxylic acids is 1. The summed E-state index contributed by atoms with van der Waals surface area (Å²) in [5.41, 5.74) is -0.739. The maximum atomic E-state index is 11.0. The summed E-state index contributed by atoms with van der Waals surface area (Å²) >= 11 is 0. The Bertz CT molecular complexity index is 320. The smallest absolute Gasteiger partial charge is 0.330 e. The zero-order valence-corrected chi connectivity index (χ0v) is 10.9. The number of hydrogen-bond donors (Lipinski definition) is 0. The van der Waals surface area contributed by atoms with E-state index >= 15 is 0 Å². The number of carbonyl (C=O) groups is 1.